The van der Waals surface area contributed by atoms with E-state index in [0.29, 0.717) is 12.2 Å². The van der Waals surface area contributed by atoms with Crippen LogP contribution in [0.1, 0.15) is 12.5 Å². The Morgan fingerprint density at radius 2 is 2.15 bits per heavy atom. The van der Waals surface area contributed by atoms with Crippen LogP contribution in [0.4, 0.5) is 0 Å². The smallest absolute Gasteiger partial charge is 0.264 e. The first-order valence-electron chi connectivity index (χ1n) is 6.48. The zero-order valence-electron chi connectivity index (χ0n) is 11.1. The number of fused-ring (bicyclic) bond motifs is 1. The second-order valence-corrected chi connectivity index (χ2v) is 4.51. The van der Waals surface area contributed by atoms with Crippen LogP contribution >= 0.6 is 0 Å². The summed E-state index contributed by atoms with van der Waals surface area (Å²) in [6.45, 7) is 3.31. The van der Waals surface area contributed by atoms with Crippen LogP contribution in [0.5, 0.6) is 0 Å². The maximum Gasteiger partial charge on any atom is 0.264 e. The Balaban J connectivity index is 2.24. The van der Waals surface area contributed by atoms with Crippen LogP contribution < -0.4 is 11.3 Å². The van der Waals surface area contributed by atoms with Crippen molar-refractivity contribution in [3.63, 3.8) is 0 Å². The predicted molar refractivity (Wildman–Crippen MR) is 77.2 cm³/mol. The van der Waals surface area contributed by atoms with Crippen LogP contribution in [-0.2, 0) is 13.1 Å². The molecule has 0 aliphatic carbocycles. The molecular weight excluding hydrogens is 254 g/mol. The number of hydrogen-bond donors (Lipinski definition) is 2. The number of benzene rings is 1. The number of nitrogens with two attached hydrogens (primary N) is 1. The van der Waals surface area contributed by atoms with Gasteiger partial charge >= 0.3 is 0 Å². The topological polar surface area (TPSA) is 89.6 Å². The molecule has 0 atom stereocenters. The van der Waals surface area contributed by atoms with E-state index in [1.165, 1.54) is 6.07 Å². The van der Waals surface area contributed by atoms with Gasteiger partial charge in [0.2, 0.25) is 0 Å². The largest absolute Gasteiger partial charge is 0.326 e. The maximum absolute atomic E-state index is 11.1. The molecule has 6 heteroatoms. The minimum absolute atomic E-state index is 0.224. The van der Waals surface area contributed by atoms with Gasteiger partial charge in [-0.2, -0.15) is 5.10 Å². The lowest BCUT2D eigenvalue weighted by atomic mass is 10.2. The molecule has 102 valence electrons. The number of hydrogen-bond acceptors (Lipinski definition) is 4. The van der Waals surface area contributed by atoms with E-state index in [0.717, 1.165) is 29.0 Å². The van der Waals surface area contributed by atoms with E-state index in [4.69, 9.17) is 5.73 Å². The SMILES string of the molecule is CCn1c(-c2ccc(=O)[nH]n2)nc2cc(CN)ccc21. The monoisotopic (exact) mass is 269 g/mol. The molecule has 6 nitrogen and oxygen atoms in total. The standard InChI is InChI=1S/C14H15N5O/c1-2-19-12-5-3-9(8-15)7-11(12)16-14(19)10-4-6-13(20)18-17-10/h3-7H,2,8,15H2,1H3,(H,18,20). The predicted octanol–water partition coefficient (Wildman–Crippen LogP) is 1.27. The number of aromatic nitrogens is 4. The van der Waals surface area contributed by atoms with Crippen molar-refractivity contribution < 1.29 is 0 Å². The first-order chi connectivity index (χ1) is 9.72. The Bertz CT molecular complexity index is 798. The summed E-state index contributed by atoms with van der Waals surface area (Å²) in [6.07, 6.45) is 0. The molecule has 0 bridgehead atoms. The molecule has 0 saturated heterocycles. The fourth-order valence-electron chi connectivity index (χ4n) is 2.29. The molecule has 3 rings (SSSR count). The van der Waals surface area contributed by atoms with Gasteiger partial charge in [0.05, 0.1) is 11.0 Å². The quantitative estimate of drug-likeness (QED) is 0.749. The summed E-state index contributed by atoms with van der Waals surface area (Å²) >= 11 is 0. The summed E-state index contributed by atoms with van der Waals surface area (Å²) in [7, 11) is 0. The lowest BCUT2D eigenvalue weighted by Gasteiger charge is -2.04. The molecule has 0 aliphatic rings. The van der Waals surface area contributed by atoms with Crippen LogP contribution in [0.15, 0.2) is 35.1 Å². The molecule has 0 radical (unpaired) electrons. The third-order valence-electron chi connectivity index (χ3n) is 3.27. The fraction of sp³-hybridized carbons (Fsp3) is 0.214. The van der Waals surface area contributed by atoms with Gasteiger partial charge in [-0.05, 0) is 30.7 Å². The van der Waals surface area contributed by atoms with Crippen LogP contribution in [0.25, 0.3) is 22.6 Å². The molecule has 0 saturated carbocycles. The average Bonchev–Trinajstić information content (AvgIpc) is 2.85. The van der Waals surface area contributed by atoms with Gasteiger partial charge in [0.25, 0.3) is 5.56 Å². The van der Waals surface area contributed by atoms with Crippen LogP contribution in [-0.4, -0.2) is 19.7 Å². The lowest BCUT2D eigenvalue weighted by Crippen LogP contribution is -2.07. The highest BCUT2D eigenvalue weighted by Crippen LogP contribution is 2.23. The van der Waals surface area contributed by atoms with E-state index in [9.17, 15) is 4.79 Å². The normalized spacial score (nSPS) is 11.1. The van der Waals surface area contributed by atoms with Gasteiger partial charge < -0.3 is 10.3 Å². The molecule has 2 aromatic heterocycles. The Hall–Kier alpha value is -2.47. The zero-order chi connectivity index (χ0) is 14.1. The van der Waals surface area contributed by atoms with Gasteiger partial charge in [0, 0.05) is 19.2 Å². The van der Waals surface area contributed by atoms with Gasteiger partial charge in [-0.3, -0.25) is 4.79 Å². The van der Waals surface area contributed by atoms with Gasteiger partial charge in [0.1, 0.15) is 5.69 Å². The average molecular weight is 269 g/mol. The highest BCUT2D eigenvalue weighted by Gasteiger charge is 2.12. The van der Waals surface area contributed by atoms with E-state index in [2.05, 4.69) is 19.7 Å². The van der Waals surface area contributed by atoms with Crippen molar-refractivity contribution in [3.05, 3.63) is 46.2 Å². The number of aromatic amines is 1. The second-order valence-electron chi connectivity index (χ2n) is 4.51. The number of H-pyrrole nitrogens is 1. The summed E-state index contributed by atoms with van der Waals surface area (Å²) < 4.78 is 2.07. The second kappa shape index (κ2) is 4.90. The first kappa shape index (κ1) is 12.6. The van der Waals surface area contributed by atoms with E-state index in [1.807, 2.05) is 25.1 Å². The van der Waals surface area contributed by atoms with Crippen LogP contribution in [0.2, 0.25) is 0 Å². The number of rotatable bonds is 3. The van der Waals surface area contributed by atoms with Crippen molar-refractivity contribution in [1.82, 2.24) is 19.7 Å². The van der Waals surface area contributed by atoms with Crippen molar-refractivity contribution in [2.45, 2.75) is 20.0 Å². The molecule has 0 fully saturated rings. The number of aryl methyl sites for hydroxylation is 1. The van der Waals surface area contributed by atoms with Gasteiger partial charge in [-0.1, -0.05) is 6.07 Å². The van der Waals surface area contributed by atoms with Gasteiger partial charge in [-0.15, -0.1) is 0 Å². The van der Waals surface area contributed by atoms with Crippen molar-refractivity contribution in [1.29, 1.82) is 0 Å². The summed E-state index contributed by atoms with van der Waals surface area (Å²) in [5.41, 5.74) is 9.05. The molecule has 3 aromatic rings. The van der Waals surface area contributed by atoms with Crippen molar-refractivity contribution in [3.8, 4) is 11.5 Å². The summed E-state index contributed by atoms with van der Waals surface area (Å²) in [5, 5.41) is 6.49. The molecule has 0 unspecified atom stereocenters. The van der Waals surface area contributed by atoms with Crippen molar-refractivity contribution in [2.24, 2.45) is 5.73 Å². The maximum atomic E-state index is 11.1. The molecule has 0 amide bonds. The molecule has 2 heterocycles. The number of nitrogens with one attached hydrogen (secondary N) is 1. The molecular formula is C14H15N5O. The van der Waals surface area contributed by atoms with Gasteiger partial charge in [0.15, 0.2) is 5.82 Å². The van der Waals surface area contributed by atoms with E-state index < -0.39 is 0 Å². The first-order valence-corrected chi connectivity index (χ1v) is 6.48. The Labute approximate surface area is 115 Å². The Morgan fingerprint density at radius 3 is 2.80 bits per heavy atom. The van der Waals surface area contributed by atoms with E-state index >= 15 is 0 Å². The summed E-state index contributed by atoms with van der Waals surface area (Å²) in [6, 6.07) is 9.13. The summed E-state index contributed by atoms with van der Waals surface area (Å²) in [4.78, 5) is 15.7. The fourth-order valence-corrected chi connectivity index (χ4v) is 2.29. The molecule has 20 heavy (non-hydrogen) atoms. The highest BCUT2D eigenvalue weighted by molar-refractivity contribution is 5.80. The minimum atomic E-state index is -0.224. The number of imidazole rings is 1. The zero-order valence-corrected chi connectivity index (χ0v) is 11.1. The summed E-state index contributed by atoms with van der Waals surface area (Å²) in [5.74, 6) is 0.743. The molecule has 1 aromatic carbocycles. The molecule has 0 spiro atoms. The Kier molecular flexibility index (Phi) is 3.08. The van der Waals surface area contributed by atoms with Crippen molar-refractivity contribution >= 4 is 11.0 Å². The van der Waals surface area contributed by atoms with E-state index in [1.54, 1.807) is 6.07 Å². The number of nitrogens with zero attached hydrogens (tertiary/aromatic N) is 3. The third kappa shape index (κ3) is 2.00. The van der Waals surface area contributed by atoms with Gasteiger partial charge in [-0.25, -0.2) is 10.1 Å². The van der Waals surface area contributed by atoms with Crippen molar-refractivity contribution in [2.75, 3.05) is 0 Å². The van der Waals surface area contributed by atoms with E-state index in [-0.39, 0.29) is 5.56 Å². The van der Waals surface area contributed by atoms with Crippen LogP contribution in [0, 0.1) is 0 Å². The third-order valence-corrected chi connectivity index (χ3v) is 3.27. The molecule has 0 aliphatic heterocycles. The molecule has 3 N–H and O–H groups in total. The minimum Gasteiger partial charge on any atom is -0.326 e. The highest BCUT2D eigenvalue weighted by atomic mass is 16.1. The lowest BCUT2D eigenvalue weighted by molar-refractivity contribution is 0.789. The Morgan fingerprint density at radius 1 is 1.30 bits per heavy atom. The van der Waals surface area contributed by atoms with Crippen LogP contribution in [0.3, 0.4) is 0 Å².